The quantitative estimate of drug-likeness (QED) is 0.214. The predicted molar refractivity (Wildman–Crippen MR) is 164 cm³/mol. The maximum Gasteiger partial charge on any atom is 0.311 e. The second-order valence-corrected chi connectivity index (χ2v) is 13.5. The fourth-order valence-electron chi connectivity index (χ4n) is 7.24. The molecule has 6 atom stereocenters. The Morgan fingerprint density at radius 2 is 1.95 bits per heavy atom. The number of hydrogen-bond acceptors (Lipinski definition) is 6. The molecule has 3 aliphatic rings. The van der Waals surface area contributed by atoms with Crippen LogP contribution >= 0.6 is 11.8 Å². The van der Waals surface area contributed by atoms with E-state index in [2.05, 4.69) is 13.2 Å². The van der Waals surface area contributed by atoms with Gasteiger partial charge in [0.05, 0.1) is 35.8 Å². The molecule has 2 aromatic rings. The van der Waals surface area contributed by atoms with Crippen LogP contribution in [0.1, 0.15) is 46.0 Å². The van der Waals surface area contributed by atoms with Gasteiger partial charge in [0.2, 0.25) is 5.91 Å². The molecular weight excluding hydrogens is 536 g/mol. The summed E-state index contributed by atoms with van der Waals surface area (Å²) in [6.45, 7) is 11.9. The molecule has 2 amide bonds. The number of carbonyl (C=O) groups excluding carboxylic acids is 3. The first kappa shape index (κ1) is 29.4. The van der Waals surface area contributed by atoms with Gasteiger partial charge in [-0.3, -0.25) is 14.4 Å². The van der Waals surface area contributed by atoms with Gasteiger partial charge in [0.25, 0.3) is 5.91 Å². The Bertz CT molecular complexity index is 1360. The zero-order valence-corrected chi connectivity index (χ0v) is 24.8. The normalized spacial score (nSPS) is 28.9. The summed E-state index contributed by atoms with van der Waals surface area (Å²) in [6, 6.07) is 12.5. The number of amides is 2. The molecule has 1 N–H and O–H groups in total. The molecule has 2 aromatic carbocycles. The molecule has 0 saturated carbocycles. The Hall–Kier alpha value is -3.10. The van der Waals surface area contributed by atoms with Gasteiger partial charge in [-0.15, -0.1) is 24.9 Å². The fraction of sp³-hybridized carbons (Fsp3) is 0.485. The standard InChI is InChI=1S/C33H40N2O5S/c1-5-8-11-19-40-31(39)27-26-29(37)35(24(7-3)21-36)28(33(26)17-16-32(27,4)41-33)30(38)34(18-6-2)25-15-14-22-12-9-10-13-23(22)20-25/h5-6,9-10,12-15,20,24,26-28,36H,1-2,7-8,11,16-19,21H2,3-4H3/t24-,26-,27-,28?,32+,33?/m0/s1. The highest BCUT2D eigenvalue weighted by atomic mass is 32.2. The number of carbonyl (C=O) groups is 3. The number of hydrogen-bond donors (Lipinski definition) is 1. The van der Waals surface area contributed by atoms with Gasteiger partial charge >= 0.3 is 5.97 Å². The van der Waals surface area contributed by atoms with Gasteiger partial charge in [-0.1, -0.05) is 49.4 Å². The van der Waals surface area contributed by atoms with E-state index in [1.54, 1.807) is 33.7 Å². The van der Waals surface area contributed by atoms with Crippen molar-refractivity contribution in [1.29, 1.82) is 0 Å². The number of aliphatic hydroxyl groups excluding tert-OH is 1. The van der Waals surface area contributed by atoms with E-state index in [0.717, 1.165) is 22.9 Å². The predicted octanol–water partition coefficient (Wildman–Crippen LogP) is 5.12. The van der Waals surface area contributed by atoms with Crippen LogP contribution in [0.25, 0.3) is 10.8 Å². The number of esters is 1. The summed E-state index contributed by atoms with van der Waals surface area (Å²) in [5, 5.41) is 12.4. The Morgan fingerprint density at radius 1 is 1.20 bits per heavy atom. The van der Waals surface area contributed by atoms with Gasteiger partial charge in [-0.05, 0) is 61.9 Å². The molecule has 41 heavy (non-hydrogen) atoms. The van der Waals surface area contributed by atoms with E-state index < -0.39 is 33.4 Å². The average Bonchev–Trinajstić information content (AvgIpc) is 3.55. The van der Waals surface area contributed by atoms with Gasteiger partial charge < -0.3 is 19.6 Å². The summed E-state index contributed by atoms with van der Waals surface area (Å²) in [5.41, 5.74) is 0.722. The van der Waals surface area contributed by atoms with Crippen LogP contribution in [-0.4, -0.2) is 69.1 Å². The molecule has 5 rings (SSSR count). The summed E-state index contributed by atoms with van der Waals surface area (Å²) >= 11 is 1.61. The molecule has 2 bridgehead atoms. The van der Waals surface area contributed by atoms with Gasteiger partial charge in [0, 0.05) is 17.0 Å². The van der Waals surface area contributed by atoms with Crippen LogP contribution in [0.15, 0.2) is 67.8 Å². The smallest absolute Gasteiger partial charge is 0.311 e. The van der Waals surface area contributed by atoms with E-state index in [0.29, 0.717) is 25.7 Å². The fourth-order valence-corrected chi connectivity index (χ4v) is 9.57. The average molecular weight is 577 g/mol. The highest BCUT2D eigenvalue weighted by molar-refractivity contribution is 8.02. The Labute approximate surface area is 246 Å². The molecule has 3 aliphatic heterocycles. The van der Waals surface area contributed by atoms with Crippen LogP contribution in [0.4, 0.5) is 5.69 Å². The minimum absolute atomic E-state index is 0.209. The number of ether oxygens (including phenoxy) is 1. The molecular formula is C33H40N2O5S. The van der Waals surface area contributed by atoms with Crippen molar-refractivity contribution in [1.82, 2.24) is 4.90 Å². The third-order valence-electron chi connectivity index (χ3n) is 9.20. The third kappa shape index (κ3) is 4.79. The second-order valence-electron chi connectivity index (χ2n) is 11.6. The summed E-state index contributed by atoms with van der Waals surface area (Å²) in [4.78, 5) is 46.0. The lowest BCUT2D eigenvalue weighted by Crippen LogP contribution is -2.57. The number of fused-ring (bicyclic) bond motifs is 2. The van der Waals surface area contributed by atoms with E-state index in [4.69, 9.17) is 4.74 Å². The van der Waals surface area contributed by atoms with E-state index >= 15 is 0 Å². The number of anilines is 1. The largest absolute Gasteiger partial charge is 0.465 e. The number of allylic oxidation sites excluding steroid dienone is 1. The van der Waals surface area contributed by atoms with Gasteiger partial charge in [0.15, 0.2) is 0 Å². The van der Waals surface area contributed by atoms with E-state index in [-0.39, 0.29) is 37.5 Å². The Morgan fingerprint density at radius 3 is 2.63 bits per heavy atom. The highest BCUT2D eigenvalue weighted by Gasteiger charge is 2.78. The highest BCUT2D eigenvalue weighted by Crippen LogP contribution is 2.72. The Balaban J connectivity index is 1.56. The molecule has 7 nitrogen and oxygen atoms in total. The van der Waals surface area contributed by atoms with Crippen LogP contribution in [0.3, 0.4) is 0 Å². The molecule has 2 unspecified atom stereocenters. The summed E-state index contributed by atoms with van der Waals surface area (Å²) in [6.07, 6.45) is 6.73. The first-order chi connectivity index (χ1) is 19.8. The van der Waals surface area contributed by atoms with Crippen LogP contribution in [0, 0.1) is 11.8 Å². The lowest BCUT2D eigenvalue weighted by Gasteiger charge is -2.39. The number of aliphatic hydroxyl groups is 1. The number of benzene rings is 2. The summed E-state index contributed by atoms with van der Waals surface area (Å²) in [5.74, 6) is -2.14. The molecule has 0 aromatic heterocycles. The van der Waals surface area contributed by atoms with Crippen LogP contribution < -0.4 is 4.90 Å². The minimum atomic E-state index is -0.825. The third-order valence-corrected chi connectivity index (χ3v) is 11.2. The number of unbranched alkanes of at least 4 members (excludes halogenated alkanes) is 1. The molecule has 8 heteroatoms. The number of nitrogens with zero attached hydrogens (tertiary/aromatic N) is 2. The van der Waals surface area contributed by atoms with Crippen LogP contribution in [0.2, 0.25) is 0 Å². The van der Waals surface area contributed by atoms with Crippen LogP contribution in [0.5, 0.6) is 0 Å². The first-order valence-corrected chi connectivity index (χ1v) is 15.4. The maximum absolute atomic E-state index is 14.8. The molecule has 218 valence electrons. The maximum atomic E-state index is 14.8. The zero-order chi connectivity index (χ0) is 29.4. The summed E-state index contributed by atoms with van der Waals surface area (Å²) < 4.78 is 4.42. The van der Waals surface area contributed by atoms with Crippen molar-refractivity contribution in [2.75, 3.05) is 24.7 Å². The van der Waals surface area contributed by atoms with Crippen molar-refractivity contribution in [2.45, 2.75) is 67.5 Å². The molecule has 0 aliphatic carbocycles. The van der Waals surface area contributed by atoms with Gasteiger partial charge in [-0.2, -0.15) is 0 Å². The van der Waals surface area contributed by atoms with Crippen molar-refractivity contribution >= 4 is 46.0 Å². The van der Waals surface area contributed by atoms with Gasteiger partial charge in [-0.25, -0.2) is 0 Å². The lowest BCUT2D eigenvalue weighted by molar-refractivity contribution is -0.156. The number of rotatable bonds is 12. The van der Waals surface area contributed by atoms with Gasteiger partial charge in [0.1, 0.15) is 6.04 Å². The van der Waals surface area contributed by atoms with Crippen LogP contribution in [-0.2, 0) is 19.1 Å². The number of thioether (sulfide) groups is 1. The molecule has 1 spiro atoms. The van der Waals surface area contributed by atoms with Crippen molar-refractivity contribution in [3.63, 3.8) is 0 Å². The monoisotopic (exact) mass is 576 g/mol. The summed E-state index contributed by atoms with van der Waals surface area (Å²) in [7, 11) is 0. The van der Waals surface area contributed by atoms with Crippen molar-refractivity contribution in [3.05, 3.63) is 67.8 Å². The Kier molecular flexibility index (Phi) is 8.35. The van der Waals surface area contributed by atoms with Crippen molar-refractivity contribution in [3.8, 4) is 0 Å². The first-order valence-electron chi connectivity index (χ1n) is 14.6. The SMILES string of the molecule is C=CCCCOC(=O)[C@@H]1[C@H]2C(=O)N([C@@H](CC)CO)C(C(=O)N(CC=C)c3ccc4ccccc4c3)C23CC[C@@]1(C)S3. The second kappa shape index (κ2) is 11.6. The molecule has 3 fully saturated rings. The molecule has 3 saturated heterocycles. The zero-order valence-electron chi connectivity index (χ0n) is 24.0. The topological polar surface area (TPSA) is 87.1 Å². The lowest BCUT2D eigenvalue weighted by atomic mass is 9.66. The van der Waals surface area contributed by atoms with E-state index in [1.165, 1.54) is 0 Å². The van der Waals surface area contributed by atoms with Crippen molar-refractivity contribution in [2.24, 2.45) is 11.8 Å². The molecule has 0 radical (unpaired) electrons. The van der Waals surface area contributed by atoms with E-state index in [1.807, 2.05) is 56.3 Å². The molecule has 3 heterocycles. The van der Waals surface area contributed by atoms with E-state index in [9.17, 15) is 19.5 Å². The van der Waals surface area contributed by atoms with Crippen molar-refractivity contribution < 1.29 is 24.2 Å². The minimum Gasteiger partial charge on any atom is -0.465 e. The number of likely N-dealkylation sites (tertiary alicyclic amines) is 1.